The van der Waals surface area contributed by atoms with E-state index >= 15 is 0 Å². The molecule has 2 aromatic heterocycles. The molecule has 0 saturated heterocycles. The van der Waals surface area contributed by atoms with Crippen molar-refractivity contribution in [2.24, 2.45) is 0 Å². The lowest BCUT2D eigenvalue weighted by Gasteiger charge is -2.01. The second-order valence-corrected chi connectivity index (χ2v) is 11.3. The molecule has 166 valence electrons. The molecule has 0 spiro atoms. The molecule has 0 fully saturated rings. The van der Waals surface area contributed by atoms with Gasteiger partial charge in [-0.1, -0.05) is 68.4 Å². The monoisotopic (exact) mass is 474 g/mol. The second-order valence-electron chi connectivity index (χ2n) is 9.03. The summed E-state index contributed by atoms with van der Waals surface area (Å²) in [5, 5.41) is 7.84. The Morgan fingerprint density at radius 2 is 1.35 bits per heavy atom. The van der Waals surface area contributed by atoms with Crippen molar-refractivity contribution < 1.29 is 0 Å². The van der Waals surface area contributed by atoms with Crippen LogP contribution in [0.15, 0.2) is 78.9 Å². The maximum atomic E-state index is 3.41. The van der Waals surface area contributed by atoms with Crippen molar-refractivity contribution >= 4 is 64.4 Å². The van der Waals surface area contributed by atoms with Gasteiger partial charge in [0.15, 0.2) is 0 Å². The summed E-state index contributed by atoms with van der Waals surface area (Å²) < 4.78 is 2.70. The highest BCUT2D eigenvalue weighted by Gasteiger charge is 2.08. The van der Waals surface area contributed by atoms with E-state index in [4.69, 9.17) is 0 Å². The number of benzene rings is 4. The van der Waals surface area contributed by atoms with Crippen LogP contribution in [0.4, 0.5) is 0 Å². The number of hydrogen-bond acceptors (Lipinski definition) is 2. The molecular formula is C32H26S2. The Balaban J connectivity index is 1.32. The summed E-state index contributed by atoms with van der Waals surface area (Å²) in [5.74, 6) is 6.81. The van der Waals surface area contributed by atoms with Gasteiger partial charge in [-0.15, -0.1) is 22.7 Å². The van der Waals surface area contributed by atoms with E-state index in [1.165, 1.54) is 78.7 Å². The van der Waals surface area contributed by atoms with Crippen LogP contribution in [0.5, 0.6) is 0 Å². The summed E-state index contributed by atoms with van der Waals surface area (Å²) in [7, 11) is 0. The summed E-state index contributed by atoms with van der Waals surface area (Å²) in [6.07, 6.45) is 6.42. The number of thiophene rings is 2. The zero-order chi connectivity index (χ0) is 22.9. The lowest BCUT2D eigenvalue weighted by atomic mass is 10.0. The fraction of sp³-hybridized carbons (Fsp3) is 0.188. The van der Waals surface area contributed by atoms with Gasteiger partial charge in [0, 0.05) is 30.6 Å². The standard InChI is InChI=1S/C32H26S2/c1-2-3-4-5-10-27-15-16-28(33-27)14-12-22-11-13-25-21-32-30(19-26(25)17-22)29-18-23-8-6-7-9-24(23)20-31(29)34-32/h6-9,11,13,15-21H,2-5,10H2,1H3. The van der Waals surface area contributed by atoms with Gasteiger partial charge in [0.25, 0.3) is 0 Å². The predicted octanol–water partition coefficient (Wildman–Crippen LogP) is 9.94. The van der Waals surface area contributed by atoms with Gasteiger partial charge in [0.05, 0.1) is 4.88 Å². The SMILES string of the molecule is CCCCCCc1ccc(C#Cc2ccc3cc4sc5cc6ccccc6cc5c4cc3c2)s1. The van der Waals surface area contributed by atoms with Gasteiger partial charge in [-0.05, 0) is 82.9 Å². The Kier molecular flexibility index (Phi) is 5.83. The van der Waals surface area contributed by atoms with Crippen molar-refractivity contribution in [3.63, 3.8) is 0 Å². The number of aryl methyl sites for hydroxylation is 1. The Labute approximate surface area is 208 Å². The fourth-order valence-electron chi connectivity index (χ4n) is 4.72. The van der Waals surface area contributed by atoms with Crippen molar-refractivity contribution in [1.82, 2.24) is 0 Å². The third kappa shape index (κ3) is 4.23. The molecule has 0 aliphatic carbocycles. The average molecular weight is 475 g/mol. The van der Waals surface area contributed by atoms with Crippen LogP contribution >= 0.6 is 22.7 Å². The van der Waals surface area contributed by atoms with Crippen LogP contribution in [0.3, 0.4) is 0 Å². The molecule has 4 aromatic carbocycles. The molecule has 0 aliphatic rings. The lowest BCUT2D eigenvalue weighted by Crippen LogP contribution is -1.80. The molecular weight excluding hydrogens is 448 g/mol. The zero-order valence-corrected chi connectivity index (χ0v) is 21.0. The molecule has 6 aromatic rings. The van der Waals surface area contributed by atoms with E-state index in [1.807, 2.05) is 22.7 Å². The molecule has 0 saturated carbocycles. The lowest BCUT2D eigenvalue weighted by molar-refractivity contribution is 0.670. The van der Waals surface area contributed by atoms with E-state index in [9.17, 15) is 0 Å². The smallest absolute Gasteiger partial charge is 0.0775 e. The summed E-state index contributed by atoms with van der Waals surface area (Å²) >= 11 is 3.73. The van der Waals surface area contributed by atoms with Crippen LogP contribution in [0, 0.1) is 11.8 Å². The Hall–Kier alpha value is -3.12. The second kappa shape index (κ2) is 9.26. The van der Waals surface area contributed by atoms with Crippen molar-refractivity contribution in [2.75, 3.05) is 0 Å². The van der Waals surface area contributed by atoms with E-state index in [-0.39, 0.29) is 0 Å². The minimum absolute atomic E-state index is 1.08. The van der Waals surface area contributed by atoms with Crippen LogP contribution in [-0.2, 0) is 6.42 Å². The molecule has 0 unspecified atom stereocenters. The summed E-state index contributed by atoms with van der Waals surface area (Å²) in [5.41, 5.74) is 1.08. The van der Waals surface area contributed by atoms with Crippen molar-refractivity contribution in [3.05, 3.63) is 94.2 Å². The highest BCUT2D eigenvalue weighted by atomic mass is 32.1. The van der Waals surface area contributed by atoms with Crippen molar-refractivity contribution in [3.8, 4) is 11.8 Å². The summed E-state index contributed by atoms with van der Waals surface area (Å²) in [4.78, 5) is 2.62. The predicted molar refractivity (Wildman–Crippen MR) is 152 cm³/mol. The van der Waals surface area contributed by atoms with Gasteiger partial charge in [0.2, 0.25) is 0 Å². The minimum atomic E-state index is 1.08. The van der Waals surface area contributed by atoms with Gasteiger partial charge >= 0.3 is 0 Å². The van der Waals surface area contributed by atoms with Crippen LogP contribution < -0.4 is 0 Å². The maximum absolute atomic E-state index is 3.41. The van der Waals surface area contributed by atoms with Crippen LogP contribution in [0.2, 0.25) is 0 Å². The Bertz CT molecular complexity index is 1700. The van der Waals surface area contributed by atoms with Crippen molar-refractivity contribution in [2.45, 2.75) is 39.0 Å². The molecule has 0 bridgehead atoms. The van der Waals surface area contributed by atoms with Crippen LogP contribution in [0.25, 0.3) is 41.7 Å². The van der Waals surface area contributed by atoms with E-state index in [1.54, 1.807) is 0 Å². The van der Waals surface area contributed by atoms with Crippen LogP contribution in [0.1, 0.15) is 47.9 Å². The first-order valence-electron chi connectivity index (χ1n) is 12.2. The average Bonchev–Trinajstić information content (AvgIpc) is 3.46. The molecule has 2 heterocycles. The third-order valence-electron chi connectivity index (χ3n) is 6.57. The first kappa shape index (κ1) is 21.4. The molecule has 0 atom stereocenters. The van der Waals surface area contributed by atoms with Crippen LogP contribution in [-0.4, -0.2) is 0 Å². The molecule has 2 heteroatoms. The van der Waals surface area contributed by atoms with Gasteiger partial charge in [-0.2, -0.15) is 0 Å². The van der Waals surface area contributed by atoms with E-state index in [0.29, 0.717) is 0 Å². The molecule has 0 radical (unpaired) electrons. The number of unbranched alkanes of at least 4 members (excludes halogenated alkanes) is 3. The maximum Gasteiger partial charge on any atom is 0.0775 e. The first-order chi connectivity index (χ1) is 16.8. The highest BCUT2D eigenvalue weighted by molar-refractivity contribution is 7.26. The minimum Gasteiger partial charge on any atom is -0.135 e. The first-order valence-corrected chi connectivity index (χ1v) is 13.8. The van der Waals surface area contributed by atoms with E-state index < -0.39 is 0 Å². The quantitative estimate of drug-likeness (QED) is 0.172. The Morgan fingerprint density at radius 3 is 2.15 bits per heavy atom. The number of fused-ring (bicyclic) bond motifs is 5. The molecule has 0 aliphatic heterocycles. The van der Waals surface area contributed by atoms with Crippen molar-refractivity contribution in [1.29, 1.82) is 0 Å². The molecule has 34 heavy (non-hydrogen) atoms. The van der Waals surface area contributed by atoms with E-state index in [2.05, 4.69) is 97.6 Å². The van der Waals surface area contributed by atoms with Gasteiger partial charge in [-0.3, -0.25) is 0 Å². The van der Waals surface area contributed by atoms with Gasteiger partial charge in [0.1, 0.15) is 0 Å². The largest absolute Gasteiger partial charge is 0.135 e. The highest BCUT2D eigenvalue weighted by Crippen LogP contribution is 2.38. The topological polar surface area (TPSA) is 0 Å². The van der Waals surface area contributed by atoms with E-state index in [0.717, 1.165) is 10.4 Å². The molecule has 0 nitrogen and oxygen atoms in total. The number of rotatable bonds is 5. The molecule has 0 N–H and O–H groups in total. The van der Waals surface area contributed by atoms with Gasteiger partial charge in [-0.25, -0.2) is 0 Å². The van der Waals surface area contributed by atoms with Gasteiger partial charge < -0.3 is 0 Å². The molecule has 0 amide bonds. The summed E-state index contributed by atoms with van der Waals surface area (Å²) in [6.45, 7) is 2.26. The fourth-order valence-corrected chi connectivity index (χ4v) is 6.79. The third-order valence-corrected chi connectivity index (χ3v) is 8.74. The zero-order valence-electron chi connectivity index (χ0n) is 19.4. The molecule has 6 rings (SSSR count). The summed E-state index contributed by atoms with van der Waals surface area (Å²) in [6, 6.07) is 29.0. The normalized spacial score (nSPS) is 11.4. The Morgan fingerprint density at radius 1 is 0.618 bits per heavy atom. The number of hydrogen-bond donors (Lipinski definition) is 0.